The lowest BCUT2D eigenvalue weighted by atomic mass is 9.95. The lowest BCUT2D eigenvalue weighted by Crippen LogP contribution is -2.45. The number of ether oxygens (including phenoxy) is 3. The molecule has 9 heteroatoms. The van der Waals surface area contributed by atoms with Crippen LogP contribution in [0.25, 0.3) is 27.2 Å². The van der Waals surface area contributed by atoms with Crippen molar-refractivity contribution < 1.29 is 24.1 Å². The molecule has 46 heavy (non-hydrogen) atoms. The van der Waals surface area contributed by atoms with E-state index in [2.05, 4.69) is 63.2 Å². The number of hydrazine groups is 1. The van der Waals surface area contributed by atoms with E-state index in [1.807, 2.05) is 24.3 Å². The summed E-state index contributed by atoms with van der Waals surface area (Å²) in [5.74, 6) is -0.0181. The Morgan fingerprint density at radius 3 is 2.61 bits per heavy atom. The third-order valence-electron chi connectivity index (χ3n) is 9.58. The van der Waals surface area contributed by atoms with Crippen LogP contribution in [0.2, 0.25) is 0 Å². The minimum atomic E-state index is -0.878. The first-order chi connectivity index (χ1) is 22.6. The van der Waals surface area contributed by atoms with Crippen LogP contribution in [-0.2, 0) is 22.4 Å². The SMILES string of the molecule is CC1NN(CCN2CCOCC2)C2=C1c1cccc3c(CCCOc4cccc5ccccc45)c(C(=O)O)n(c13)CCCCOC2. The van der Waals surface area contributed by atoms with Gasteiger partial charge in [-0.3, -0.25) is 4.90 Å². The number of nitrogens with zero attached hydrogens (tertiary/aromatic N) is 3. The summed E-state index contributed by atoms with van der Waals surface area (Å²) in [6, 6.07) is 20.7. The van der Waals surface area contributed by atoms with Gasteiger partial charge in [0.15, 0.2) is 0 Å². The van der Waals surface area contributed by atoms with Crippen molar-refractivity contribution in [3.63, 3.8) is 0 Å². The number of hydrogen-bond acceptors (Lipinski definition) is 7. The number of morpholine rings is 1. The molecular weight excluding hydrogens is 580 g/mol. The number of rotatable bonds is 9. The Kier molecular flexibility index (Phi) is 9.26. The van der Waals surface area contributed by atoms with Crippen LogP contribution in [-0.4, -0.2) is 90.8 Å². The highest BCUT2D eigenvalue weighted by Gasteiger charge is 2.33. The van der Waals surface area contributed by atoms with Crippen molar-refractivity contribution in [2.75, 3.05) is 59.2 Å². The Bertz CT molecular complexity index is 1740. The highest BCUT2D eigenvalue weighted by atomic mass is 16.5. The fourth-order valence-electron chi connectivity index (χ4n) is 7.40. The number of nitrogens with one attached hydrogen (secondary N) is 1. The van der Waals surface area contributed by atoms with Crippen LogP contribution >= 0.6 is 0 Å². The van der Waals surface area contributed by atoms with Gasteiger partial charge < -0.3 is 28.9 Å². The number of para-hydroxylation sites is 1. The second-order valence-corrected chi connectivity index (χ2v) is 12.5. The zero-order valence-corrected chi connectivity index (χ0v) is 26.7. The molecule has 3 aromatic carbocycles. The van der Waals surface area contributed by atoms with Gasteiger partial charge in [0.1, 0.15) is 11.4 Å². The topological polar surface area (TPSA) is 88.4 Å². The standard InChI is InChI=1S/C37H44N4O5/c1-26-34-31-13-7-12-29-30(14-8-22-46-33-15-6-10-27-9-2-3-11-28(27)33)36(37(42)43)40(35(29)31)16-4-5-21-45-25-32(34)41(38-26)18-17-39-19-23-44-24-20-39/h2-3,6-7,9-13,15,26,38H,4-5,8,14,16-25H2,1H3,(H,42,43). The zero-order chi connectivity index (χ0) is 31.5. The molecule has 9 nitrogen and oxygen atoms in total. The van der Waals surface area contributed by atoms with Crippen LogP contribution in [0, 0.1) is 0 Å². The summed E-state index contributed by atoms with van der Waals surface area (Å²) in [4.78, 5) is 15.4. The van der Waals surface area contributed by atoms with E-state index in [9.17, 15) is 9.90 Å². The highest BCUT2D eigenvalue weighted by Crippen LogP contribution is 2.39. The minimum absolute atomic E-state index is 0.0591. The van der Waals surface area contributed by atoms with Gasteiger partial charge in [0.25, 0.3) is 0 Å². The molecule has 4 heterocycles. The molecule has 3 aliphatic heterocycles. The maximum Gasteiger partial charge on any atom is 0.352 e. The van der Waals surface area contributed by atoms with E-state index in [0.717, 1.165) is 96.5 Å². The molecule has 7 rings (SSSR count). The Hall–Kier alpha value is -3.89. The van der Waals surface area contributed by atoms with E-state index >= 15 is 0 Å². The Balaban J connectivity index is 1.22. The number of carboxylic acid groups (broad SMARTS) is 1. The van der Waals surface area contributed by atoms with Gasteiger partial charge in [-0.2, -0.15) is 0 Å². The number of fused-ring (bicyclic) bond motifs is 2. The summed E-state index contributed by atoms with van der Waals surface area (Å²) in [5, 5.41) is 16.2. The lowest BCUT2D eigenvalue weighted by Gasteiger charge is -2.30. The summed E-state index contributed by atoms with van der Waals surface area (Å²) in [7, 11) is 0. The molecule has 1 unspecified atom stereocenters. The van der Waals surface area contributed by atoms with Crippen LogP contribution in [0.5, 0.6) is 5.75 Å². The molecule has 4 aromatic rings. The van der Waals surface area contributed by atoms with Gasteiger partial charge in [-0.25, -0.2) is 10.2 Å². The van der Waals surface area contributed by atoms with Gasteiger partial charge >= 0.3 is 5.97 Å². The van der Waals surface area contributed by atoms with E-state index in [0.29, 0.717) is 44.9 Å². The lowest BCUT2D eigenvalue weighted by molar-refractivity contribution is 0.0315. The van der Waals surface area contributed by atoms with Crippen LogP contribution in [0.1, 0.15) is 47.8 Å². The third kappa shape index (κ3) is 6.12. The van der Waals surface area contributed by atoms with Crippen molar-refractivity contribution in [3.8, 4) is 5.75 Å². The van der Waals surface area contributed by atoms with Crippen LogP contribution in [0.3, 0.4) is 0 Å². The predicted octanol–water partition coefficient (Wildman–Crippen LogP) is 5.57. The molecule has 1 atom stereocenters. The second kappa shape index (κ2) is 13.8. The van der Waals surface area contributed by atoms with E-state index in [1.54, 1.807) is 0 Å². The van der Waals surface area contributed by atoms with Crippen molar-refractivity contribution in [1.82, 2.24) is 19.9 Å². The first-order valence-electron chi connectivity index (χ1n) is 16.7. The molecule has 1 fully saturated rings. The van der Waals surface area contributed by atoms with E-state index in [4.69, 9.17) is 14.2 Å². The third-order valence-corrected chi connectivity index (χ3v) is 9.58. The fourth-order valence-corrected chi connectivity index (χ4v) is 7.40. The first kappa shape index (κ1) is 30.7. The number of aryl methyl sites for hydroxylation is 2. The Morgan fingerprint density at radius 1 is 0.935 bits per heavy atom. The predicted molar refractivity (Wildman–Crippen MR) is 180 cm³/mol. The maximum atomic E-state index is 13.0. The molecule has 1 saturated heterocycles. The summed E-state index contributed by atoms with van der Waals surface area (Å²) < 4.78 is 20.1. The first-order valence-corrected chi connectivity index (χ1v) is 16.7. The smallest absolute Gasteiger partial charge is 0.352 e. The molecule has 0 spiro atoms. The van der Waals surface area contributed by atoms with Crippen molar-refractivity contribution in [2.45, 2.75) is 45.2 Å². The van der Waals surface area contributed by atoms with Crippen molar-refractivity contribution in [3.05, 3.63) is 83.2 Å². The Labute approximate surface area is 270 Å². The Morgan fingerprint density at radius 2 is 1.74 bits per heavy atom. The summed E-state index contributed by atoms with van der Waals surface area (Å²) in [6.45, 7) is 9.74. The molecule has 0 aliphatic carbocycles. The minimum Gasteiger partial charge on any atom is -0.493 e. The molecule has 2 N–H and O–H groups in total. The van der Waals surface area contributed by atoms with Gasteiger partial charge in [0.05, 0.1) is 43.7 Å². The second-order valence-electron chi connectivity index (χ2n) is 12.5. The van der Waals surface area contributed by atoms with Crippen LogP contribution < -0.4 is 10.2 Å². The summed E-state index contributed by atoms with van der Waals surface area (Å²) in [5.41, 5.74) is 9.45. The molecule has 3 aliphatic rings. The molecule has 1 aromatic heterocycles. The van der Waals surface area contributed by atoms with E-state index in [-0.39, 0.29) is 6.04 Å². The van der Waals surface area contributed by atoms with Crippen molar-refractivity contribution in [1.29, 1.82) is 0 Å². The van der Waals surface area contributed by atoms with Crippen molar-refractivity contribution in [2.24, 2.45) is 0 Å². The van der Waals surface area contributed by atoms with Gasteiger partial charge in [0.2, 0.25) is 0 Å². The number of carboxylic acids is 1. The van der Waals surface area contributed by atoms with Crippen LogP contribution in [0.4, 0.5) is 0 Å². The summed E-state index contributed by atoms with van der Waals surface area (Å²) in [6.07, 6.45) is 3.05. The number of hydrogen-bond donors (Lipinski definition) is 2. The van der Waals surface area contributed by atoms with Gasteiger partial charge in [-0.1, -0.05) is 54.6 Å². The average molecular weight is 625 g/mol. The number of aromatic carboxylic acids is 1. The van der Waals surface area contributed by atoms with Gasteiger partial charge in [-0.05, 0) is 49.6 Å². The monoisotopic (exact) mass is 624 g/mol. The van der Waals surface area contributed by atoms with Gasteiger partial charge in [-0.15, -0.1) is 0 Å². The number of benzene rings is 3. The summed E-state index contributed by atoms with van der Waals surface area (Å²) >= 11 is 0. The fraction of sp³-hybridized carbons (Fsp3) is 0.432. The van der Waals surface area contributed by atoms with Gasteiger partial charge in [0, 0.05) is 61.2 Å². The van der Waals surface area contributed by atoms with E-state index < -0.39 is 5.97 Å². The normalized spacial score (nSPS) is 19.4. The molecule has 0 saturated carbocycles. The quantitative estimate of drug-likeness (QED) is 0.234. The zero-order valence-electron chi connectivity index (χ0n) is 26.7. The van der Waals surface area contributed by atoms with Crippen molar-refractivity contribution >= 4 is 33.2 Å². The average Bonchev–Trinajstić information content (AvgIpc) is 3.56. The largest absolute Gasteiger partial charge is 0.493 e. The molecule has 0 amide bonds. The molecule has 0 radical (unpaired) electrons. The highest BCUT2D eigenvalue weighted by molar-refractivity contribution is 6.03. The molecular formula is C37H44N4O5. The maximum absolute atomic E-state index is 13.0. The van der Waals surface area contributed by atoms with Crippen LogP contribution in [0.15, 0.2) is 66.4 Å². The number of aromatic nitrogens is 1. The molecule has 0 bridgehead atoms. The number of carbonyl (C=O) groups is 1. The molecule has 242 valence electrons. The van der Waals surface area contributed by atoms with E-state index in [1.165, 1.54) is 5.57 Å².